The van der Waals surface area contributed by atoms with Crippen LogP contribution in [0, 0.1) is 0 Å². The Balaban J connectivity index is 2.96. The van der Waals surface area contributed by atoms with Crippen molar-refractivity contribution >= 4 is 12.6 Å². The van der Waals surface area contributed by atoms with Crippen LogP contribution in [0.4, 0.5) is 0 Å². The maximum atomic E-state index is 5.42. The fraction of sp³-hybridized carbons (Fsp3) is 1.00. The van der Waals surface area contributed by atoms with E-state index in [0.29, 0.717) is 50.9 Å². The summed E-state index contributed by atoms with van der Waals surface area (Å²) in [6.07, 6.45) is 0.971. The van der Waals surface area contributed by atoms with Gasteiger partial charge in [0.2, 0.25) is 0 Å². The molecule has 0 fully saturated rings. The van der Waals surface area contributed by atoms with Crippen molar-refractivity contribution in [1.29, 1.82) is 0 Å². The number of ether oxygens (including phenoxy) is 4. The van der Waals surface area contributed by atoms with Gasteiger partial charge in [-0.3, -0.25) is 0 Å². The van der Waals surface area contributed by atoms with Crippen LogP contribution < -0.4 is 5.32 Å². The standard InChI is InChI=1S/C15H33NO4S/c1-14(2)16-5-7-18-9-11-20-13-12-19-10-8-17-6-4-15(3)21/h14-16,21H,4-13H2,1-3H3. The Kier molecular flexibility index (Phi) is 16.6. The number of hydrogen-bond donors (Lipinski definition) is 2. The molecular formula is C15H33NO4S. The first-order chi connectivity index (χ1) is 10.1. The minimum absolute atomic E-state index is 0.391. The predicted molar refractivity (Wildman–Crippen MR) is 89.5 cm³/mol. The first kappa shape index (κ1) is 21.1. The SMILES string of the molecule is CC(S)CCOCCOCCOCCOCCNC(C)C. The van der Waals surface area contributed by atoms with Crippen molar-refractivity contribution in [2.24, 2.45) is 0 Å². The summed E-state index contributed by atoms with van der Waals surface area (Å²) in [6, 6.07) is 0.507. The largest absolute Gasteiger partial charge is 0.379 e. The van der Waals surface area contributed by atoms with Crippen molar-refractivity contribution in [1.82, 2.24) is 5.32 Å². The summed E-state index contributed by atoms with van der Waals surface area (Å²) in [4.78, 5) is 0. The lowest BCUT2D eigenvalue weighted by molar-refractivity contribution is -0.00168. The van der Waals surface area contributed by atoms with Crippen LogP contribution in [0.2, 0.25) is 0 Å². The van der Waals surface area contributed by atoms with Gasteiger partial charge in [-0.2, -0.15) is 12.6 Å². The van der Waals surface area contributed by atoms with Crippen molar-refractivity contribution in [3.05, 3.63) is 0 Å². The second kappa shape index (κ2) is 16.5. The Bertz CT molecular complexity index is 186. The van der Waals surface area contributed by atoms with E-state index in [2.05, 4.69) is 38.7 Å². The van der Waals surface area contributed by atoms with E-state index in [9.17, 15) is 0 Å². The molecule has 0 aliphatic rings. The molecule has 0 aliphatic heterocycles. The van der Waals surface area contributed by atoms with Crippen molar-refractivity contribution < 1.29 is 18.9 Å². The van der Waals surface area contributed by atoms with Crippen LogP contribution >= 0.6 is 12.6 Å². The Labute approximate surface area is 135 Å². The van der Waals surface area contributed by atoms with Crippen LogP contribution in [-0.4, -0.2) is 70.7 Å². The molecular weight excluding hydrogens is 290 g/mol. The van der Waals surface area contributed by atoms with E-state index in [1.165, 1.54) is 0 Å². The van der Waals surface area contributed by atoms with Crippen LogP contribution in [0.25, 0.3) is 0 Å². The molecule has 0 aromatic rings. The topological polar surface area (TPSA) is 49.0 Å². The molecule has 21 heavy (non-hydrogen) atoms. The van der Waals surface area contributed by atoms with Crippen LogP contribution in [-0.2, 0) is 18.9 Å². The third-order valence-corrected chi connectivity index (χ3v) is 2.85. The van der Waals surface area contributed by atoms with Crippen LogP contribution in [0.15, 0.2) is 0 Å². The highest BCUT2D eigenvalue weighted by molar-refractivity contribution is 7.80. The summed E-state index contributed by atoms with van der Waals surface area (Å²) >= 11 is 4.28. The summed E-state index contributed by atoms with van der Waals surface area (Å²) in [5, 5.41) is 3.68. The van der Waals surface area contributed by atoms with Gasteiger partial charge >= 0.3 is 0 Å². The Morgan fingerprint density at radius 2 is 1.14 bits per heavy atom. The van der Waals surface area contributed by atoms with Gasteiger partial charge in [0.1, 0.15) is 0 Å². The van der Waals surface area contributed by atoms with Crippen molar-refractivity contribution in [3.63, 3.8) is 0 Å². The zero-order valence-electron chi connectivity index (χ0n) is 13.8. The van der Waals surface area contributed by atoms with Crippen molar-refractivity contribution in [2.45, 2.75) is 38.5 Å². The molecule has 0 aromatic carbocycles. The summed E-state index contributed by atoms with van der Waals surface area (Å²) in [5.74, 6) is 0. The molecule has 0 amide bonds. The summed E-state index contributed by atoms with van der Waals surface area (Å²) in [5.41, 5.74) is 0. The van der Waals surface area contributed by atoms with Gasteiger partial charge in [0, 0.05) is 24.4 Å². The highest BCUT2D eigenvalue weighted by atomic mass is 32.1. The van der Waals surface area contributed by atoms with E-state index in [1.807, 2.05) is 0 Å². The van der Waals surface area contributed by atoms with Gasteiger partial charge in [-0.1, -0.05) is 20.8 Å². The molecule has 6 heteroatoms. The van der Waals surface area contributed by atoms with Gasteiger partial charge in [0.05, 0.1) is 46.2 Å². The molecule has 5 nitrogen and oxygen atoms in total. The maximum Gasteiger partial charge on any atom is 0.0701 e. The zero-order valence-corrected chi connectivity index (χ0v) is 14.7. The van der Waals surface area contributed by atoms with Crippen LogP contribution in [0.5, 0.6) is 0 Å². The fourth-order valence-electron chi connectivity index (χ4n) is 1.44. The first-order valence-corrected chi connectivity index (χ1v) is 8.37. The van der Waals surface area contributed by atoms with Gasteiger partial charge in [0.15, 0.2) is 0 Å². The van der Waals surface area contributed by atoms with E-state index >= 15 is 0 Å². The summed E-state index contributed by atoms with van der Waals surface area (Å²) < 4.78 is 21.6. The number of rotatable bonds is 16. The highest BCUT2D eigenvalue weighted by Gasteiger charge is 1.95. The average Bonchev–Trinajstić information content (AvgIpc) is 2.42. The molecule has 0 saturated heterocycles. The minimum Gasteiger partial charge on any atom is -0.379 e. The fourth-order valence-corrected chi connectivity index (χ4v) is 1.54. The Morgan fingerprint density at radius 3 is 1.57 bits per heavy atom. The third kappa shape index (κ3) is 20.1. The maximum absolute atomic E-state index is 5.42. The highest BCUT2D eigenvalue weighted by Crippen LogP contribution is 1.98. The van der Waals surface area contributed by atoms with Crippen LogP contribution in [0.3, 0.4) is 0 Å². The lowest BCUT2D eigenvalue weighted by atomic mass is 10.3. The molecule has 0 heterocycles. The predicted octanol–water partition coefficient (Wildman–Crippen LogP) is 1.76. The summed E-state index contributed by atoms with van der Waals surface area (Å²) in [6.45, 7) is 12.3. The van der Waals surface area contributed by atoms with Crippen LogP contribution in [0.1, 0.15) is 27.2 Å². The summed E-state index contributed by atoms with van der Waals surface area (Å²) in [7, 11) is 0. The zero-order chi connectivity index (χ0) is 15.8. The van der Waals surface area contributed by atoms with E-state index in [4.69, 9.17) is 18.9 Å². The monoisotopic (exact) mass is 323 g/mol. The van der Waals surface area contributed by atoms with E-state index < -0.39 is 0 Å². The van der Waals surface area contributed by atoms with Crippen molar-refractivity contribution in [3.8, 4) is 0 Å². The number of thiol groups is 1. The quantitative estimate of drug-likeness (QED) is 0.335. The third-order valence-electron chi connectivity index (χ3n) is 2.59. The first-order valence-electron chi connectivity index (χ1n) is 7.85. The van der Waals surface area contributed by atoms with Gasteiger partial charge in [-0.25, -0.2) is 0 Å². The molecule has 128 valence electrons. The van der Waals surface area contributed by atoms with Crippen molar-refractivity contribution in [2.75, 3.05) is 59.4 Å². The normalized spacial score (nSPS) is 13.0. The van der Waals surface area contributed by atoms with E-state index in [0.717, 1.165) is 26.2 Å². The van der Waals surface area contributed by atoms with E-state index in [1.54, 1.807) is 0 Å². The second-order valence-corrected chi connectivity index (χ2v) is 6.08. The molecule has 0 aliphatic carbocycles. The minimum atomic E-state index is 0.391. The molecule has 0 rings (SSSR count). The molecule has 0 spiro atoms. The molecule has 0 bridgehead atoms. The Hall–Kier alpha value is 0.150. The number of hydrogen-bond acceptors (Lipinski definition) is 6. The molecule has 1 unspecified atom stereocenters. The van der Waals surface area contributed by atoms with Gasteiger partial charge in [-0.15, -0.1) is 0 Å². The Morgan fingerprint density at radius 1 is 0.714 bits per heavy atom. The van der Waals surface area contributed by atoms with E-state index in [-0.39, 0.29) is 0 Å². The molecule has 0 saturated carbocycles. The lowest BCUT2D eigenvalue weighted by Crippen LogP contribution is -2.27. The van der Waals surface area contributed by atoms with Gasteiger partial charge in [-0.05, 0) is 6.42 Å². The lowest BCUT2D eigenvalue weighted by Gasteiger charge is -2.09. The second-order valence-electron chi connectivity index (χ2n) is 5.20. The number of nitrogens with one attached hydrogen (secondary N) is 1. The average molecular weight is 323 g/mol. The van der Waals surface area contributed by atoms with Gasteiger partial charge < -0.3 is 24.3 Å². The molecule has 0 aromatic heterocycles. The molecule has 1 atom stereocenters. The smallest absolute Gasteiger partial charge is 0.0701 e. The van der Waals surface area contributed by atoms with Gasteiger partial charge in [0.25, 0.3) is 0 Å². The molecule has 1 N–H and O–H groups in total. The molecule has 0 radical (unpaired) electrons.